The molecule has 130 valence electrons. The summed E-state index contributed by atoms with van der Waals surface area (Å²) in [7, 11) is 0. The first kappa shape index (κ1) is 18.0. The summed E-state index contributed by atoms with van der Waals surface area (Å²) in [5, 5.41) is 12.4. The zero-order valence-corrected chi connectivity index (χ0v) is 13.6. The minimum absolute atomic E-state index is 0.137. The summed E-state index contributed by atoms with van der Waals surface area (Å²) < 4.78 is 10.4. The van der Waals surface area contributed by atoms with Crippen molar-refractivity contribution >= 4 is 18.1 Å². The number of amides is 1. The molecule has 0 fully saturated rings. The second kappa shape index (κ2) is 9.07. The first-order valence-corrected chi connectivity index (χ1v) is 7.49. The van der Waals surface area contributed by atoms with Crippen LogP contribution in [-0.4, -0.2) is 36.4 Å². The van der Waals surface area contributed by atoms with Crippen LogP contribution >= 0.6 is 0 Å². The van der Waals surface area contributed by atoms with E-state index in [1.165, 1.54) is 6.21 Å². The SMILES string of the molecule is Cc1ccc(OCC(=O)N/N=C/c2ccc(OCC(=O)O)cc2)cc1. The monoisotopic (exact) mass is 342 g/mol. The molecule has 2 aromatic carbocycles. The van der Waals surface area contributed by atoms with E-state index in [2.05, 4.69) is 10.5 Å². The van der Waals surface area contributed by atoms with Gasteiger partial charge in [-0.2, -0.15) is 5.10 Å². The number of aryl methyl sites for hydroxylation is 1. The molecule has 0 heterocycles. The molecule has 0 spiro atoms. The normalized spacial score (nSPS) is 10.4. The number of hydrazone groups is 1. The molecule has 0 unspecified atom stereocenters. The van der Waals surface area contributed by atoms with E-state index in [1.807, 2.05) is 19.1 Å². The van der Waals surface area contributed by atoms with E-state index in [0.717, 1.165) is 11.1 Å². The average Bonchev–Trinajstić information content (AvgIpc) is 2.60. The van der Waals surface area contributed by atoms with E-state index in [0.29, 0.717) is 11.5 Å². The van der Waals surface area contributed by atoms with Crippen LogP contribution in [-0.2, 0) is 9.59 Å². The first-order chi connectivity index (χ1) is 12.0. The Morgan fingerprint density at radius 3 is 2.16 bits per heavy atom. The van der Waals surface area contributed by atoms with E-state index < -0.39 is 12.6 Å². The molecular formula is C18H18N2O5. The highest BCUT2D eigenvalue weighted by Crippen LogP contribution is 2.11. The highest BCUT2D eigenvalue weighted by Gasteiger charge is 2.01. The number of nitrogens with one attached hydrogen (secondary N) is 1. The fourth-order valence-electron chi connectivity index (χ4n) is 1.79. The number of carboxylic acids is 1. The number of hydrogen-bond acceptors (Lipinski definition) is 5. The summed E-state index contributed by atoms with van der Waals surface area (Å²) >= 11 is 0. The Labute approximate surface area is 144 Å². The molecule has 0 aliphatic carbocycles. The van der Waals surface area contributed by atoms with E-state index in [9.17, 15) is 9.59 Å². The van der Waals surface area contributed by atoms with Crippen molar-refractivity contribution in [1.29, 1.82) is 0 Å². The van der Waals surface area contributed by atoms with Gasteiger partial charge in [-0.25, -0.2) is 10.2 Å². The summed E-state index contributed by atoms with van der Waals surface area (Å²) in [4.78, 5) is 22.1. The third-order valence-corrected chi connectivity index (χ3v) is 3.04. The van der Waals surface area contributed by atoms with Gasteiger partial charge in [-0.3, -0.25) is 4.79 Å². The first-order valence-electron chi connectivity index (χ1n) is 7.49. The summed E-state index contributed by atoms with van der Waals surface area (Å²) in [6, 6.07) is 14.0. The molecule has 1 amide bonds. The Bertz CT molecular complexity index is 739. The van der Waals surface area contributed by atoms with Gasteiger partial charge in [0.1, 0.15) is 11.5 Å². The molecule has 0 aliphatic rings. The topological polar surface area (TPSA) is 97.2 Å². The zero-order valence-electron chi connectivity index (χ0n) is 13.6. The Morgan fingerprint density at radius 1 is 1.00 bits per heavy atom. The second-order valence-electron chi connectivity index (χ2n) is 5.15. The molecule has 0 saturated carbocycles. The van der Waals surface area contributed by atoms with Gasteiger partial charge in [0.25, 0.3) is 5.91 Å². The van der Waals surface area contributed by atoms with Crippen LogP contribution in [0.25, 0.3) is 0 Å². The number of ether oxygens (including phenoxy) is 2. The third kappa shape index (κ3) is 6.74. The molecule has 25 heavy (non-hydrogen) atoms. The molecule has 2 aromatic rings. The van der Waals surface area contributed by atoms with Crippen LogP contribution in [0.1, 0.15) is 11.1 Å². The number of hydrogen-bond donors (Lipinski definition) is 2. The lowest BCUT2D eigenvalue weighted by Crippen LogP contribution is -2.24. The van der Waals surface area contributed by atoms with Crippen molar-refractivity contribution < 1.29 is 24.2 Å². The molecule has 0 bridgehead atoms. The van der Waals surface area contributed by atoms with E-state index in [1.54, 1.807) is 36.4 Å². The van der Waals surface area contributed by atoms with E-state index in [-0.39, 0.29) is 12.5 Å². The van der Waals surface area contributed by atoms with Gasteiger partial charge in [0.05, 0.1) is 6.21 Å². The number of benzene rings is 2. The largest absolute Gasteiger partial charge is 0.484 e. The minimum Gasteiger partial charge on any atom is -0.484 e. The molecule has 0 radical (unpaired) electrons. The average molecular weight is 342 g/mol. The van der Waals surface area contributed by atoms with Gasteiger partial charge < -0.3 is 14.6 Å². The molecule has 7 heteroatoms. The Morgan fingerprint density at radius 2 is 1.56 bits per heavy atom. The fourth-order valence-corrected chi connectivity index (χ4v) is 1.79. The summed E-state index contributed by atoms with van der Waals surface area (Å²) in [6.07, 6.45) is 1.46. The van der Waals surface area contributed by atoms with Crippen LogP contribution in [0.5, 0.6) is 11.5 Å². The Hall–Kier alpha value is -3.35. The third-order valence-electron chi connectivity index (χ3n) is 3.04. The summed E-state index contributed by atoms with van der Waals surface area (Å²) in [6.45, 7) is 1.43. The quantitative estimate of drug-likeness (QED) is 0.565. The van der Waals surface area contributed by atoms with Gasteiger partial charge in [0.15, 0.2) is 13.2 Å². The van der Waals surface area contributed by atoms with E-state index in [4.69, 9.17) is 14.6 Å². The van der Waals surface area contributed by atoms with Crippen molar-refractivity contribution in [3.8, 4) is 11.5 Å². The van der Waals surface area contributed by atoms with Crippen molar-refractivity contribution in [2.75, 3.05) is 13.2 Å². The lowest BCUT2D eigenvalue weighted by Gasteiger charge is -2.05. The standard InChI is InChI=1S/C18H18N2O5/c1-13-2-6-15(7-3-13)24-11-17(21)20-19-10-14-4-8-16(9-5-14)25-12-18(22)23/h2-10H,11-12H2,1H3,(H,20,21)(H,22,23)/b19-10+. The number of aliphatic carboxylic acids is 1. The van der Waals surface area contributed by atoms with Gasteiger partial charge >= 0.3 is 5.97 Å². The molecule has 0 saturated heterocycles. The lowest BCUT2D eigenvalue weighted by atomic mass is 10.2. The number of nitrogens with zero attached hydrogens (tertiary/aromatic N) is 1. The molecule has 0 aliphatic heterocycles. The second-order valence-corrected chi connectivity index (χ2v) is 5.15. The highest BCUT2D eigenvalue weighted by molar-refractivity contribution is 5.83. The van der Waals surface area contributed by atoms with Crippen molar-refractivity contribution in [2.24, 2.45) is 5.10 Å². The van der Waals surface area contributed by atoms with Crippen LogP contribution in [0.15, 0.2) is 53.6 Å². The number of carbonyl (C=O) groups excluding carboxylic acids is 1. The smallest absolute Gasteiger partial charge is 0.341 e. The number of carbonyl (C=O) groups is 2. The molecule has 0 aromatic heterocycles. The van der Waals surface area contributed by atoms with Crippen LogP contribution in [0.3, 0.4) is 0 Å². The summed E-state index contributed by atoms with van der Waals surface area (Å²) in [5.41, 5.74) is 4.20. The van der Waals surface area contributed by atoms with Gasteiger partial charge in [0.2, 0.25) is 0 Å². The van der Waals surface area contributed by atoms with Crippen LogP contribution in [0, 0.1) is 6.92 Å². The van der Waals surface area contributed by atoms with Crippen LogP contribution < -0.4 is 14.9 Å². The molecule has 2 N–H and O–H groups in total. The highest BCUT2D eigenvalue weighted by atomic mass is 16.5. The minimum atomic E-state index is -1.04. The van der Waals surface area contributed by atoms with E-state index >= 15 is 0 Å². The van der Waals surface area contributed by atoms with Crippen molar-refractivity contribution in [1.82, 2.24) is 5.43 Å². The van der Waals surface area contributed by atoms with Crippen LogP contribution in [0.2, 0.25) is 0 Å². The van der Waals surface area contributed by atoms with Gasteiger partial charge in [-0.15, -0.1) is 0 Å². The molecule has 0 atom stereocenters. The Balaban J connectivity index is 1.74. The number of rotatable bonds is 8. The summed E-state index contributed by atoms with van der Waals surface area (Å²) in [5.74, 6) is -0.365. The van der Waals surface area contributed by atoms with Crippen LogP contribution in [0.4, 0.5) is 0 Å². The maximum absolute atomic E-state index is 11.7. The molecule has 7 nitrogen and oxygen atoms in total. The molecular weight excluding hydrogens is 324 g/mol. The maximum atomic E-state index is 11.7. The predicted octanol–water partition coefficient (Wildman–Crippen LogP) is 1.99. The fraction of sp³-hybridized carbons (Fsp3) is 0.167. The Kier molecular flexibility index (Phi) is 6.53. The predicted molar refractivity (Wildman–Crippen MR) is 92.0 cm³/mol. The number of carboxylic acid groups (broad SMARTS) is 1. The van der Waals surface area contributed by atoms with Gasteiger partial charge in [-0.1, -0.05) is 17.7 Å². The molecule has 2 rings (SSSR count). The van der Waals surface area contributed by atoms with Crippen molar-refractivity contribution in [3.63, 3.8) is 0 Å². The zero-order chi connectivity index (χ0) is 18.1. The van der Waals surface area contributed by atoms with Gasteiger partial charge in [0, 0.05) is 0 Å². The van der Waals surface area contributed by atoms with Gasteiger partial charge in [-0.05, 0) is 48.9 Å². The van der Waals surface area contributed by atoms with Crippen molar-refractivity contribution in [2.45, 2.75) is 6.92 Å². The lowest BCUT2D eigenvalue weighted by molar-refractivity contribution is -0.139. The van der Waals surface area contributed by atoms with Crippen molar-refractivity contribution in [3.05, 3.63) is 59.7 Å². The maximum Gasteiger partial charge on any atom is 0.341 e.